The van der Waals surface area contributed by atoms with Crippen LogP contribution in [0.1, 0.15) is 26.3 Å². The molecule has 1 atom stereocenters. The number of fused-ring (bicyclic) bond motifs is 1. The van der Waals surface area contributed by atoms with Crippen LogP contribution in [-0.2, 0) is 6.42 Å². The molecule has 0 radical (unpaired) electrons. The minimum absolute atomic E-state index is 0.223. The van der Waals surface area contributed by atoms with Crippen LogP contribution in [0.4, 0.5) is 4.39 Å². The molecule has 2 nitrogen and oxygen atoms in total. The Hall–Kier alpha value is -1.35. The zero-order valence-electron chi connectivity index (χ0n) is 11.2. The highest BCUT2D eigenvalue weighted by molar-refractivity contribution is 5.80. The van der Waals surface area contributed by atoms with E-state index in [9.17, 15) is 4.39 Å². The number of hydrogen-bond acceptors (Lipinski definition) is 2. The molecule has 98 valence electrons. The maximum Gasteiger partial charge on any atom is 0.134 e. The van der Waals surface area contributed by atoms with Gasteiger partial charge in [0, 0.05) is 18.0 Å². The summed E-state index contributed by atoms with van der Waals surface area (Å²) in [6.45, 7) is 5.59. The number of furan rings is 1. The quantitative estimate of drug-likeness (QED) is 0.874. The molecule has 0 saturated carbocycles. The van der Waals surface area contributed by atoms with Gasteiger partial charge in [0.05, 0.1) is 6.26 Å². The average Bonchev–Trinajstić information content (AvgIpc) is 2.70. The van der Waals surface area contributed by atoms with E-state index < -0.39 is 5.67 Å². The van der Waals surface area contributed by atoms with Gasteiger partial charge in [0.2, 0.25) is 0 Å². The molecule has 1 heterocycles. The predicted octanol–water partition coefficient (Wildman–Crippen LogP) is 3.70. The minimum atomic E-state index is -1.17. The summed E-state index contributed by atoms with van der Waals surface area (Å²) in [5, 5.41) is 4.35. The molecule has 0 saturated heterocycles. The lowest BCUT2D eigenvalue weighted by atomic mass is 10.1. The predicted molar refractivity (Wildman–Crippen MR) is 72.6 cm³/mol. The third-order valence-corrected chi connectivity index (χ3v) is 2.96. The molecule has 0 aliphatic rings. The fourth-order valence-corrected chi connectivity index (χ4v) is 2.01. The smallest absolute Gasteiger partial charge is 0.134 e. The number of alkyl halides is 1. The maximum absolute atomic E-state index is 13.4. The first-order chi connectivity index (χ1) is 8.46. The van der Waals surface area contributed by atoms with Gasteiger partial charge in [-0.05, 0) is 38.8 Å². The van der Waals surface area contributed by atoms with Crippen LogP contribution >= 0.6 is 0 Å². The number of benzene rings is 1. The first-order valence-electron chi connectivity index (χ1n) is 6.33. The fourth-order valence-electron chi connectivity index (χ4n) is 2.01. The van der Waals surface area contributed by atoms with Crippen LogP contribution in [0.15, 0.2) is 34.9 Å². The lowest BCUT2D eigenvalue weighted by Crippen LogP contribution is -2.37. The summed E-state index contributed by atoms with van der Waals surface area (Å²) in [6, 6.07) is 8.20. The van der Waals surface area contributed by atoms with Gasteiger partial charge in [-0.25, -0.2) is 4.39 Å². The van der Waals surface area contributed by atoms with E-state index in [2.05, 4.69) is 18.3 Å². The molecule has 2 aromatic rings. The Bertz CT molecular complexity index is 512. The number of para-hydroxylation sites is 1. The molecule has 0 fully saturated rings. The fraction of sp³-hybridized carbons (Fsp3) is 0.467. The van der Waals surface area contributed by atoms with E-state index in [1.54, 1.807) is 20.1 Å². The number of hydrogen-bond donors (Lipinski definition) is 1. The van der Waals surface area contributed by atoms with Gasteiger partial charge in [0.25, 0.3) is 0 Å². The number of nitrogens with one attached hydrogen (secondary N) is 1. The molecule has 1 aromatic heterocycles. The van der Waals surface area contributed by atoms with E-state index in [0.29, 0.717) is 6.54 Å². The van der Waals surface area contributed by atoms with Gasteiger partial charge in [-0.15, -0.1) is 0 Å². The third kappa shape index (κ3) is 3.33. The van der Waals surface area contributed by atoms with Crippen molar-refractivity contribution in [1.29, 1.82) is 0 Å². The van der Waals surface area contributed by atoms with Gasteiger partial charge >= 0.3 is 0 Å². The van der Waals surface area contributed by atoms with Crippen molar-refractivity contribution in [2.75, 3.05) is 6.54 Å². The molecule has 0 spiro atoms. The van der Waals surface area contributed by atoms with E-state index in [4.69, 9.17) is 4.42 Å². The molecule has 1 N–H and O–H groups in total. The maximum atomic E-state index is 13.4. The second-order valence-corrected chi connectivity index (χ2v) is 5.46. The van der Waals surface area contributed by atoms with Crippen molar-refractivity contribution in [3.05, 3.63) is 36.1 Å². The molecule has 18 heavy (non-hydrogen) atoms. The number of halogens is 1. The molecular weight excluding hydrogens is 229 g/mol. The molecule has 3 heteroatoms. The lowest BCUT2D eigenvalue weighted by molar-refractivity contribution is 0.204. The summed E-state index contributed by atoms with van der Waals surface area (Å²) in [6.07, 6.45) is 2.64. The van der Waals surface area contributed by atoms with Crippen molar-refractivity contribution >= 4 is 11.0 Å². The molecule has 0 aliphatic carbocycles. The highest BCUT2D eigenvalue weighted by Gasteiger charge is 2.17. The Morgan fingerprint density at radius 1 is 1.33 bits per heavy atom. The molecule has 2 rings (SSSR count). The zero-order chi connectivity index (χ0) is 13.2. The van der Waals surface area contributed by atoms with Crippen molar-refractivity contribution in [3.8, 4) is 0 Å². The summed E-state index contributed by atoms with van der Waals surface area (Å²) in [5.41, 5.74) is 0.903. The van der Waals surface area contributed by atoms with E-state index >= 15 is 0 Å². The second-order valence-electron chi connectivity index (χ2n) is 5.46. The van der Waals surface area contributed by atoms with Gasteiger partial charge in [-0.1, -0.05) is 18.2 Å². The Balaban J connectivity index is 2.01. The normalized spacial score (nSPS) is 14.0. The first kappa shape index (κ1) is 13.1. The van der Waals surface area contributed by atoms with Crippen LogP contribution in [0.3, 0.4) is 0 Å². The van der Waals surface area contributed by atoms with Crippen LogP contribution < -0.4 is 5.32 Å². The van der Waals surface area contributed by atoms with Gasteiger partial charge in [0.15, 0.2) is 0 Å². The molecule has 1 aromatic carbocycles. The van der Waals surface area contributed by atoms with E-state index in [-0.39, 0.29) is 6.04 Å². The Labute approximate surface area is 107 Å². The van der Waals surface area contributed by atoms with Crippen LogP contribution in [0, 0.1) is 0 Å². The third-order valence-electron chi connectivity index (χ3n) is 2.96. The van der Waals surface area contributed by atoms with E-state index in [1.807, 2.05) is 18.2 Å². The SMILES string of the molecule is CC(Cc1coc2ccccc12)NCC(C)(C)F. The van der Waals surface area contributed by atoms with E-state index in [0.717, 1.165) is 17.4 Å². The Morgan fingerprint density at radius 3 is 2.78 bits per heavy atom. The topological polar surface area (TPSA) is 25.2 Å². The largest absolute Gasteiger partial charge is 0.464 e. The van der Waals surface area contributed by atoms with Crippen LogP contribution in [0.2, 0.25) is 0 Å². The van der Waals surface area contributed by atoms with Crippen molar-refractivity contribution in [2.45, 2.75) is 38.9 Å². The van der Waals surface area contributed by atoms with Gasteiger partial charge in [-0.2, -0.15) is 0 Å². The van der Waals surface area contributed by atoms with Gasteiger partial charge in [0.1, 0.15) is 11.3 Å². The minimum Gasteiger partial charge on any atom is -0.464 e. The molecule has 0 amide bonds. The molecule has 0 bridgehead atoms. The Morgan fingerprint density at radius 2 is 2.06 bits per heavy atom. The highest BCUT2D eigenvalue weighted by atomic mass is 19.1. The summed E-state index contributed by atoms with van der Waals surface area (Å²) < 4.78 is 18.9. The molecule has 1 unspecified atom stereocenters. The van der Waals surface area contributed by atoms with Crippen LogP contribution in [-0.4, -0.2) is 18.3 Å². The highest BCUT2D eigenvalue weighted by Crippen LogP contribution is 2.21. The van der Waals surface area contributed by atoms with Crippen LogP contribution in [0.25, 0.3) is 11.0 Å². The van der Waals surface area contributed by atoms with Crippen molar-refractivity contribution in [1.82, 2.24) is 5.32 Å². The zero-order valence-corrected chi connectivity index (χ0v) is 11.2. The summed E-state index contributed by atoms with van der Waals surface area (Å²) in [4.78, 5) is 0. The summed E-state index contributed by atoms with van der Waals surface area (Å²) in [7, 11) is 0. The lowest BCUT2D eigenvalue weighted by Gasteiger charge is -2.19. The van der Waals surface area contributed by atoms with Crippen molar-refractivity contribution in [2.24, 2.45) is 0 Å². The average molecular weight is 249 g/mol. The van der Waals surface area contributed by atoms with Crippen LogP contribution in [0.5, 0.6) is 0 Å². The first-order valence-corrected chi connectivity index (χ1v) is 6.33. The van der Waals surface area contributed by atoms with Gasteiger partial charge in [-0.3, -0.25) is 0 Å². The van der Waals surface area contributed by atoms with Crippen molar-refractivity contribution in [3.63, 3.8) is 0 Å². The standard InChI is InChI=1S/C15H20FNO/c1-11(17-10-15(2,3)16)8-12-9-18-14-7-5-4-6-13(12)14/h4-7,9,11,17H,8,10H2,1-3H3. The van der Waals surface area contributed by atoms with Gasteiger partial charge < -0.3 is 9.73 Å². The monoisotopic (exact) mass is 249 g/mol. The van der Waals surface area contributed by atoms with Crippen molar-refractivity contribution < 1.29 is 8.81 Å². The number of rotatable bonds is 5. The molecule has 0 aliphatic heterocycles. The summed E-state index contributed by atoms with van der Waals surface area (Å²) >= 11 is 0. The molecular formula is C15H20FNO. The summed E-state index contributed by atoms with van der Waals surface area (Å²) in [5.74, 6) is 0. The van der Waals surface area contributed by atoms with E-state index in [1.165, 1.54) is 5.56 Å². The Kier molecular flexibility index (Phi) is 3.71. The second kappa shape index (κ2) is 5.11.